The number of nitrogens with zero attached hydrogens (tertiary/aromatic N) is 1. The molecular formula is C18H15NO6S. The topological polar surface area (TPSA) is 117 Å². The first-order valence-corrected chi connectivity index (χ1v) is 8.86. The lowest BCUT2D eigenvalue weighted by atomic mass is 9.83. The van der Waals surface area contributed by atoms with Gasteiger partial charge in [0.15, 0.2) is 5.60 Å². The van der Waals surface area contributed by atoms with Crippen molar-refractivity contribution in [3.05, 3.63) is 89.7 Å². The van der Waals surface area contributed by atoms with E-state index in [2.05, 4.69) is 4.98 Å². The molecule has 0 atom stereocenters. The quantitative estimate of drug-likeness (QED) is 0.589. The van der Waals surface area contributed by atoms with Crippen LogP contribution < -0.4 is 0 Å². The van der Waals surface area contributed by atoms with Gasteiger partial charge in [0.25, 0.3) is 0 Å². The zero-order chi connectivity index (χ0) is 18.8. The summed E-state index contributed by atoms with van der Waals surface area (Å²) in [6.07, 6.45) is 1.46. The summed E-state index contributed by atoms with van der Waals surface area (Å²) < 4.78 is 38.1. The van der Waals surface area contributed by atoms with Crippen LogP contribution in [0.4, 0.5) is 0 Å². The average molecular weight is 373 g/mol. The minimum absolute atomic E-state index is 0.0266. The molecule has 0 saturated carbocycles. The molecule has 0 radical (unpaired) electrons. The number of rotatable bonds is 5. The molecule has 0 spiro atoms. The highest BCUT2D eigenvalue weighted by Gasteiger charge is 2.43. The summed E-state index contributed by atoms with van der Waals surface area (Å²) in [6, 6.07) is 16.1. The summed E-state index contributed by atoms with van der Waals surface area (Å²) in [6.45, 7) is 0. The minimum Gasteiger partial charge on any atom is -0.508 e. The highest BCUT2D eigenvalue weighted by Crippen LogP contribution is 2.41. The molecule has 3 aromatic rings. The van der Waals surface area contributed by atoms with Crippen LogP contribution in [0.5, 0.6) is 11.5 Å². The first kappa shape index (κ1) is 17.9. The van der Waals surface area contributed by atoms with E-state index in [4.69, 9.17) is 4.18 Å². The second-order valence-electron chi connectivity index (χ2n) is 5.50. The van der Waals surface area contributed by atoms with E-state index < -0.39 is 16.0 Å². The molecule has 134 valence electrons. The van der Waals surface area contributed by atoms with Crippen LogP contribution in [0, 0.1) is 0 Å². The third-order valence-corrected chi connectivity index (χ3v) is 4.26. The Balaban J connectivity index is 2.37. The number of hydrogen-bond acceptors (Lipinski definition) is 6. The highest BCUT2D eigenvalue weighted by atomic mass is 32.3. The Morgan fingerprint density at radius 1 is 0.808 bits per heavy atom. The Labute approximate surface area is 150 Å². The summed E-state index contributed by atoms with van der Waals surface area (Å²) in [5.74, 6) is -0.0533. The van der Waals surface area contributed by atoms with Crippen molar-refractivity contribution in [1.29, 1.82) is 0 Å². The number of aromatic hydroxyl groups is 2. The van der Waals surface area contributed by atoms with Crippen molar-refractivity contribution < 1.29 is 27.4 Å². The SMILES string of the molecule is O=S(=O)(O)OC(c1ccc(O)cc1)(c1ccc(O)cc1)c1ccccn1. The van der Waals surface area contributed by atoms with Crippen LogP contribution in [0.25, 0.3) is 0 Å². The maximum Gasteiger partial charge on any atom is 0.398 e. The lowest BCUT2D eigenvalue weighted by Crippen LogP contribution is -2.36. The van der Waals surface area contributed by atoms with Gasteiger partial charge in [-0.25, -0.2) is 4.18 Å². The predicted molar refractivity (Wildman–Crippen MR) is 93.0 cm³/mol. The van der Waals surface area contributed by atoms with Gasteiger partial charge in [0.2, 0.25) is 0 Å². The average Bonchev–Trinajstić information content (AvgIpc) is 2.61. The van der Waals surface area contributed by atoms with Gasteiger partial charge in [-0.15, -0.1) is 0 Å². The van der Waals surface area contributed by atoms with E-state index in [1.54, 1.807) is 18.2 Å². The zero-order valence-corrected chi connectivity index (χ0v) is 14.2. The lowest BCUT2D eigenvalue weighted by Gasteiger charge is -2.32. The molecule has 3 rings (SSSR count). The fraction of sp³-hybridized carbons (Fsp3) is 0.0556. The molecule has 7 nitrogen and oxygen atoms in total. The summed E-state index contributed by atoms with van der Waals surface area (Å²) in [5, 5.41) is 19.2. The van der Waals surface area contributed by atoms with Crippen LogP contribution in [-0.2, 0) is 20.2 Å². The number of benzene rings is 2. The highest BCUT2D eigenvalue weighted by molar-refractivity contribution is 7.80. The normalized spacial score (nSPS) is 12.0. The molecule has 8 heteroatoms. The van der Waals surface area contributed by atoms with Gasteiger partial charge in [-0.2, -0.15) is 8.42 Å². The molecule has 0 unspecified atom stereocenters. The van der Waals surface area contributed by atoms with E-state index in [1.165, 1.54) is 54.7 Å². The molecule has 1 heterocycles. The van der Waals surface area contributed by atoms with Gasteiger partial charge in [0.05, 0.1) is 5.69 Å². The molecule has 3 N–H and O–H groups in total. The van der Waals surface area contributed by atoms with Gasteiger partial charge < -0.3 is 10.2 Å². The Hall–Kier alpha value is -2.94. The Morgan fingerprint density at radius 2 is 1.31 bits per heavy atom. The fourth-order valence-electron chi connectivity index (χ4n) is 2.72. The smallest absolute Gasteiger partial charge is 0.398 e. The van der Waals surface area contributed by atoms with Crippen molar-refractivity contribution in [3.8, 4) is 11.5 Å². The van der Waals surface area contributed by atoms with E-state index in [0.717, 1.165) is 0 Å². The van der Waals surface area contributed by atoms with Crippen LogP contribution in [-0.4, -0.2) is 28.2 Å². The number of phenolic OH excluding ortho intramolecular Hbond substituents is 2. The molecule has 0 saturated heterocycles. The zero-order valence-electron chi connectivity index (χ0n) is 13.4. The summed E-state index contributed by atoms with van der Waals surface area (Å²) >= 11 is 0. The summed E-state index contributed by atoms with van der Waals surface area (Å²) in [4.78, 5) is 4.21. The third kappa shape index (κ3) is 3.52. The largest absolute Gasteiger partial charge is 0.508 e. The second-order valence-corrected chi connectivity index (χ2v) is 6.52. The number of pyridine rings is 1. The molecule has 2 aromatic carbocycles. The molecule has 0 aliphatic carbocycles. The first-order valence-electron chi connectivity index (χ1n) is 7.50. The number of aromatic nitrogens is 1. The molecular weight excluding hydrogens is 358 g/mol. The van der Waals surface area contributed by atoms with Gasteiger partial charge in [0, 0.05) is 6.20 Å². The van der Waals surface area contributed by atoms with Crippen molar-refractivity contribution in [1.82, 2.24) is 4.98 Å². The summed E-state index contributed by atoms with van der Waals surface area (Å²) in [7, 11) is -4.91. The number of phenols is 2. The van der Waals surface area contributed by atoms with Crippen LogP contribution in [0.2, 0.25) is 0 Å². The van der Waals surface area contributed by atoms with E-state index >= 15 is 0 Å². The monoisotopic (exact) mass is 373 g/mol. The number of hydrogen-bond donors (Lipinski definition) is 3. The van der Waals surface area contributed by atoms with Crippen molar-refractivity contribution >= 4 is 10.4 Å². The fourth-order valence-corrected chi connectivity index (χ4v) is 3.32. The second kappa shape index (κ2) is 6.75. The van der Waals surface area contributed by atoms with E-state index in [1.807, 2.05) is 0 Å². The predicted octanol–water partition coefficient (Wildman–Crippen LogP) is 2.60. The molecule has 0 bridgehead atoms. The van der Waals surface area contributed by atoms with Crippen molar-refractivity contribution in [2.45, 2.75) is 5.60 Å². The maximum absolute atomic E-state index is 11.7. The van der Waals surface area contributed by atoms with Crippen LogP contribution in [0.1, 0.15) is 16.8 Å². The van der Waals surface area contributed by atoms with Crippen molar-refractivity contribution in [2.24, 2.45) is 0 Å². The van der Waals surface area contributed by atoms with E-state index in [-0.39, 0.29) is 17.2 Å². The van der Waals surface area contributed by atoms with Crippen LogP contribution >= 0.6 is 0 Å². The van der Waals surface area contributed by atoms with Gasteiger partial charge in [-0.05, 0) is 47.5 Å². The Bertz CT molecular complexity index is 941. The van der Waals surface area contributed by atoms with Gasteiger partial charge >= 0.3 is 10.4 Å². The lowest BCUT2D eigenvalue weighted by molar-refractivity contribution is 0.136. The molecule has 26 heavy (non-hydrogen) atoms. The van der Waals surface area contributed by atoms with E-state index in [9.17, 15) is 23.2 Å². The molecule has 0 amide bonds. The Kier molecular flexibility index (Phi) is 4.64. The van der Waals surface area contributed by atoms with Gasteiger partial charge in [0.1, 0.15) is 11.5 Å². The minimum atomic E-state index is -4.91. The van der Waals surface area contributed by atoms with Gasteiger partial charge in [-0.3, -0.25) is 9.54 Å². The summed E-state index contributed by atoms with van der Waals surface area (Å²) in [5.41, 5.74) is -1.03. The van der Waals surface area contributed by atoms with Crippen LogP contribution in [0.15, 0.2) is 72.9 Å². The molecule has 0 fully saturated rings. The van der Waals surface area contributed by atoms with E-state index in [0.29, 0.717) is 11.1 Å². The molecule has 1 aromatic heterocycles. The molecule has 0 aliphatic heterocycles. The molecule has 0 aliphatic rings. The first-order chi connectivity index (χ1) is 12.3. The third-order valence-electron chi connectivity index (χ3n) is 3.80. The van der Waals surface area contributed by atoms with Crippen molar-refractivity contribution in [3.63, 3.8) is 0 Å². The van der Waals surface area contributed by atoms with Crippen molar-refractivity contribution in [2.75, 3.05) is 0 Å². The van der Waals surface area contributed by atoms with Crippen LogP contribution in [0.3, 0.4) is 0 Å². The van der Waals surface area contributed by atoms with Gasteiger partial charge in [-0.1, -0.05) is 30.3 Å². The standard InChI is InChI=1S/C18H15NO6S/c20-15-8-4-13(5-9-15)18(25-26(22,23)24,17-3-1-2-12-19-17)14-6-10-16(21)11-7-14/h1-12,20-21H,(H,22,23,24). The Morgan fingerprint density at radius 3 is 1.69 bits per heavy atom. The maximum atomic E-state index is 11.7.